The van der Waals surface area contributed by atoms with Gasteiger partial charge in [0.1, 0.15) is 5.82 Å². The van der Waals surface area contributed by atoms with Gasteiger partial charge in [-0.25, -0.2) is 4.98 Å². The fourth-order valence-corrected chi connectivity index (χ4v) is 1.26. The Morgan fingerprint density at radius 3 is 2.67 bits per heavy atom. The summed E-state index contributed by atoms with van der Waals surface area (Å²) < 4.78 is 0.933. The van der Waals surface area contributed by atoms with E-state index in [0.717, 1.165) is 15.7 Å². The van der Waals surface area contributed by atoms with Gasteiger partial charge in [-0.15, -0.1) is 0 Å². The first-order valence-corrected chi connectivity index (χ1v) is 5.37. The Kier molecular flexibility index (Phi) is 4.03. The van der Waals surface area contributed by atoms with Crippen LogP contribution in [0.3, 0.4) is 0 Å². The van der Waals surface area contributed by atoms with Crippen LogP contribution in [0.25, 0.3) is 0 Å². The maximum atomic E-state index is 11.4. The van der Waals surface area contributed by atoms with Gasteiger partial charge in [0.15, 0.2) is 0 Å². The van der Waals surface area contributed by atoms with Crippen molar-refractivity contribution >= 4 is 27.7 Å². The van der Waals surface area contributed by atoms with Gasteiger partial charge in [0.2, 0.25) is 5.91 Å². The lowest BCUT2D eigenvalue weighted by Gasteiger charge is -2.03. The molecule has 1 rings (SSSR count). The molecule has 0 fully saturated rings. The molecule has 3 nitrogen and oxygen atoms in total. The van der Waals surface area contributed by atoms with Crippen LogP contribution in [0, 0.1) is 6.92 Å². The minimum Gasteiger partial charge on any atom is -0.307 e. The summed E-state index contributed by atoms with van der Waals surface area (Å²) >= 11 is 3.35. The number of rotatable bonds is 2. The summed E-state index contributed by atoms with van der Waals surface area (Å²) in [5.74, 6) is 0.419. The summed E-state index contributed by atoms with van der Waals surface area (Å²) in [6, 6.07) is 3.62. The summed E-state index contributed by atoms with van der Waals surface area (Å²) in [6.45, 7) is 5.63. The predicted molar refractivity (Wildman–Crippen MR) is 64.7 cm³/mol. The molecule has 1 amide bonds. The van der Waals surface area contributed by atoms with Gasteiger partial charge in [-0.3, -0.25) is 4.79 Å². The van der Waals surface area contributed by atoms with Crippen molar-refractivity contribution in [3.63, 3.8) is 0 Å². The second-order valence-electron chi connectivity index (χ2n) is 3.47. The summed E-state index contributed by atoms with van der Waals surface area (Å²) in [5, 5.41) is 2.69. The van der Waals surface area contributed by atoms with Gasteiger partial charge in [-0.2, -0.15) is 0 Å². The van der Waals surface area contributed by atoms with Gasteiger partial charge in [0, 0.05) is 10.5 Å². The number of nitrogens with zero attached hydrogens (tertiary/aromatic N) is 1. The van der Waals surface area contributed by atoms with E-state index in [2.05, 4.69) is 26.2 Å². The molecule has 0 spiro atoms. The zero-order valence-corrected chi connectivity index (χ0v) is 10.6. The van der Waals surface area contributed by atoms with Crippen molar-refractivity contribution < 1.29 is 4.79 Å². The van der Waals surface area contributed by atoms with Crippen molar-refractivity contribution in [2.75, 3.05) is 5.32 Å². The average Bonchev–Trinajstić information content (AvgIpc) is 2.10. The molecular formula is C11H13BrN2O. The number of pyridine rings is 1. The summed E-state index contributed by atoms with van der Waals surface area (Å²) in [5.41, 5.74) is 1.81. The largest absolute Gasteiger partial charge is 0.307 e. The van der Waals surface area contributed by atoms with Gasteiger partial charge in [-0.1, -0.05) is 5.57 Å². The summed E-state index contributed by atoms with van der Waals surface area (Å²) in [4.78, 5) is 15.6. The molecule has 0 aliphatic rings. The minimum absolute atomic E-state index is 0.149. The van der Waals surface area contributed by atoms with Crippen LogP contribution < -0.4 is 5.32 Å². The van der Waals surface area contributed by atoms with Gasteiger partial charge in [-0.05, 0) is 48.8 Å². The molecule has 0 saturated heterocycles. The quantitative estimate of drug-likeness (QED) is 0.838. The van der Waals surface area contributed by atoms with E-state index in [1.807, 2.05) is 26.8 Å². The van der Waals surface area contributed by atoms with E-state index >= 15 is 0 Å². The topological polar surface area (TPSA) is 42.0 Å². The number of hydrogen-bond donors (Lipinski definition) is 1. The number of aryl methyl sites for hydroxylation is 1. The first-order chi connectivity index (χ1) is 6.99. The van der Waals surface area contributed by atoms with E-state index in [1.165, 1.54) is 0 Å². The highest BCUT2D eigenvalue weighted by Gasteiger charge is 2.01. The van der Waals surface area contributed by atoms with Crippen LogP contribution in [0.5, 0.6) is 0 Å². The zero-order chi connectivity index (χ0) is 11.4. The SMILES string of the molecule is CC(C)=CC(=O)Nc1ccc(Br)c(C)n1. The van der Waals surface area contributed by atoms with Crippen LogP contribution >= 0.6 is 15.9 Å². The van der Waals surface area contributed by atoms with E-state index in [1.54, 1.807) is 12.1 Å². The molecule has 0 unspecified atom stereocenters. The monoisotopic (exact) mass is 268 g/mol. The second kappa shape index (κ2) is 5.07. The van der Waals surface area contributed by atoms with Gasteiger partial charge in [0.25, 0.3) is 0 Å². The number of carbonyl (C=O) groups excluding carboxylic acids is 1. The minimum atomic E-state index is -0.149. The third-order valence-electron chi connectivity index (χ3n) is 1.69. The van der Waals surface area contributed by atoms with Crippen molar-refractivity contribution in [1.29, 1.82) is 0 Å². The van der Waals surface area contributed by atoms with Crippen LogP contribution in [0.1, 0.15) is 19.5 Å². The molecule has 4 heteroatoms. The molecule has 0 aliphatic carbocycles. The Labute approximate surface area is 97.7 Å². The lowest BCUT2D eigenvalue weighted by atomic mass is 10.3. The zero-order valence-electron chi connectivity index (χ0n) is 8.97. The number of anilines is 1. The number of halogens is 1. The molecule has 0 radical (unpaired) electrons. The molecule has 1 heterocycles. The fourth-order valence-electron chi connectivity index (χ4n) is 1.04. The van der Waals surface area contributed by atoms with Gasteiger partial charge >= 0.3 is 0 Å². The lowest BCUT2D eigenvalue weighted by Crippen LogP contribution is -2.10. The first kappa shape index (κ1) is 11.9. The number of aromatic nitrogens is 1. The molecule has 0 atom stereocenters. The van der Waals surface area contributed by atoms with Crippen LogP contribution in [0.15, 0.2) is 28.3 Å². The Hall–Kier alpha value is -1.16. The fraction of sp³-hybridized carbons (Fsp3) is 0.273. The molecule has 1 N–H and O–H groups in total. The Bertz CT molecular complexity index is 409. The third kappa shape index (κ3) is 3.83. The van der Waals surface area contributed by atoms with E-state index < -0.39 is 0 Å². The van der Waals surface area contributed by atoms with Gasteiger partial charge in [0.05, 0.1) is 5.69 Å². The third-order valence-corrected chi connectivity index (χ3v) is 2.53. The predicted octanol–water partition coefficient (Wildman–Crippen LogP) is 3.06. The maximum absolute atomic E-state index is 11.4. The molecule has 0 saturated carbocycles. The molecule has 1 aromatic heterocycles. The summed E-state index contributed by atoms with van der Waals surface area (Å²) in [7, 11) is 0. The molecule has 0 bridgehead atoms. The van der Waals surface area contributed by atoms with E-state index in [-0.39, 0.29) is 5.91 Å². The van der Waals surface area contributed by atoms with Crippen molar-refractivity contribution in [3.05, 3.63) is 33.9 Å². The van der Waals surface area contributed by atoms with Crippen molar-refractivity contribution in [3.8, 4) is 0 Å². The van der Waals surface area contributed by atoms with Crippen LogP contribution in [-0.2, 0) is 4.79 Å². The molecular weight excluding hydrogens is 256 g/mol. The normalized spacial score (nSPS) is 9.60. The molecule has 15 heavy (non-hydrogen) atoms. The molecule has 0 aromatic carbocycles. The molecule has 80 valence electrons. The second-order valence-corrected chi connectivity index (χ2v) is 4.33. The van der Waals surface area contributed by atoms with E-state index in [0.29, 0.717) is 5.82 Å². The number of carbonyl (C=O) groups is 1. The lowest BCUT2D eigenvalue weighted by molar-refractivity contribution is -0.112. The Morgan fingerprint density at radius 2 is 2.13 bits per heavy atom. The average molecular weight is 269 g/mol. The molecule has 1 aromatic rings. The number of amides is 1. The van der Waals surface area contributed by atoms with Crippen LogP contribution in [-0.4, -0.2) is 10.9 Å². The van der Waals surface area contributed by atoms with Crippen molar-refractivity contribution in [2.24, 2.45) is 0 Å². The van der Waals surface area contributed by atoms with Gasteiger partial charge < -0.3 is 5.32 Å². The standard InChI is InChI=1S/C11H13BrN2O/c1-7(2)6-11(15)14-10-5-4-9(12)8(3)13-10/h4-6H,1-3H3,(H,13,14,15). The van der Waals surface area contributed by atoms with E-state index in [4.69, 9.17) is 0 Å². The van der Waals surface area contributed by atoms with Crippen LogP contribution in [0.4, 0.5) is 5.82 Å². The molecule has 0 aliphatic heterocycles. The highest BCUT2D eigenvalue weighted by Crippen LogP contribution is 2.16. The number of nitrogens with one attached hydrogen (secondary N) is 1. The first-order valence-electron chi connectivity index (χ1n) is 4.58. The maximum Gasteiger partial charge on any atom is 0.249 e. The smallest absolute Gasteiger partial charge is 0.249 e. The van der Waals surface area contributed by atoms with Crippen LogP contribution in [0.2, 0.25) is 0 Å². The van der Waals surface area contributed by atoms with E-state index in [9.17, 15) is 4.79 Å². The highest BCUT2D eigenvalue weighted by atomic mass is 79.9. The summed E-state index contributed by atoms with van der Waals surface area (Å²) in [6.07, 6.45) is 1.54. The Morgan fingerprint density at radius 1 is 1.47 bits per heavy atom. The van der Waals surface area contributed by atoms with Crippen molar-refractivity contribution in [1.82, 2.24) is 4.98 Å². The highest BCUT2D eigenvalue weighted by molar-refractivity contribution is 9.10. The Balaban J connectivity index is 2.78. The number of allylic oxidation sites excluding steroid dienone is 1. The number of hydrogen-bond acceptors (Lipinski definition) is 2. The van der Waals surface area contributed by atoms with Crippen molar-refractivity contribution in [2.45, 2.75) is 20.8 Å².